The maximum Gasteiger partial charge on any atom is 0.328 e. The van der Waals surface area contributed by atoms with Crippen LogP contribution in [-0.2, 0) is 30.7 Å². The Hall–Kier alpha value is -1.91. The van der Waals surface area contributed by atoms with Crippen molar-refractivity contribution in [3.8, 4) is 0 Å². The number of nitrogens with one attached hydrogen (secondary N) is 1. The van der Waals surface area contributed by atoms with Crippen LogP contribution >= 0.6 is 15.9 Å². The monoisotopic (exact) mass is 400 g/mol. The van der Waals surface area contributed by atoms with Gasteiger partial charge in [0.05, 0.1) is 28.2 Å². The number of halogens is 1. The summed E-state index contributed by atoms with van der Waals surface area (Å²) in [4.78, 5) is 12.0. The molecule has 10 heteroatoms. The van der Waals surface area contributed by atoms with Gasteiger partial charge < -0.3 is 4.52 Å². The Morgan fingerprint density at radius 2 is 1.91 bits per heavy atom. The van der Waals surface area contributed by atoms with Crippen molar-refractivity contribution in [3.63, 3.8) is 0 Å². The highest BCUT2D eigenvalue weighted by molar-refractivity contribution is 9.10. The van der Waals surface area contributed by atoms with Gasteiger partial charge in [0.2, 0.25) is 10.0 Å². The maximum atomic E-state index is 12.5. The second-order valence-electron chi connectivity index (χ2n) is 4.99. The molecular weight excluding hydrogens is 388 g/mol. The van der Waals surface area contributed by atoms with E-state index in [1.54, 1.807) is 26.2 Å². The molecule has 1 N–H and O–H groups in total. The van der Waals surface area contributed by atoms with Crippen LogP contribution in [0.2, 0.25) is 0 Å². The average Bonchev–Trinajstić information content (AvgIpc) is 3.09. The molecule has 0 saturated carbocycles. The van der Waals surface area contributed by atoms with Crippen molar-refractivity contribution < 1.29 is 12.9 Å². The molecule has 2 aromatic heterocycles. The minimum Gasteiger partial charge on any atom is -0.364 e. The van der Waals surface area contributed by atoms with Crippen molar-refractivity contribution >= 4 is 37.0 Å². The summed E-state index contributed by atoms with van der Waals surface area (Å²) in [6, 6.07) is 4.65. The molecule has 0 fully saturated rings. The van der Waals surface area contributed by atoms with Crippen molar-refractivity contribution in [2.75, 3.05) is 0 Å². The maximum absolute atomic E-state index is 12.5. The fraction of sp³-hybridized carbons (Fsp3) is 0.231. The van der Waals surface area contributed by atoms with Crippen LogP contribution < -0.4 is 10.4 Å². The second-order valence-corrected chi connectivity index (χ2v) is 7.58. The molecule has 1 aromatic carbocycles. The van der Waals surface area contributed by atoms with Crippen molar-refractivity contribution in [2.45, 2.75) is 11.4 Å². The number of nitrogens with zero attached hydrogens (tertiary/aromatic N) is 3. The first kappa shape index (κ1) is 16.0. The van der Waals surface area contributed by atoms with E-state index in [1.165, 1.54) is 21.5 Å². The molecule has 0 unspecified atom stereocenters. The van der Waals surface area contributed by atoms with Gasteiger partial charge in [-0.15, -0.1) is 0 Å². The second kappa shape index (κ2) is 5.62. The van der Waals surface area contributed by atoms with Gasteiger partial charge in [-0.2, -0.15) is 0 Å². The van der Waals surface area contributed by atoms with Gasteiger partial charge in [0.1, 0.15) is 6.26 Å². The van der Waals surface area contributed by atoms with Crippen LogP contribution in [0.25, 0.3) is 11.0 Å². The Bertz CT molecular complexity index is 1030. The zero-order valence-electron chi connectivity index (χ0n) is 12.3. The first-order chi connectivity index (χ1) is 10.8. The lowest BCUT2D eigenvalue weighted by Gasteiger charge is -2.08. The molecule has 8 nitrogen and oxygen atoms in total. The lowest BCUT2D eigenvalue weighted by atomic mass is 10.3. The molecule has 3 aromatic rings. The molecule has 0 radical (unpaired) electrons. The zero-order valence-corrected chi connectivity index (χ0v) is 14.7. The lowest BCUT2D eigenvalue weighted by Crippen LogP contribution is -2.23. The van der Waals surface area contributed by atoms with Gasteiger partial charge in [0, 0.05) is 24.6 Å². The van der Waals surface area contributed by atoms with Gasteiger partial charge in [0.25, 0.3) is 0 Å². The number of aryl methyl sites for hydroxylation is 2. The Morgan fingerprint density at radius 3 is 2.52 bits per heavy atom. The fourth-order valence-electron chi connectivity index (χ4n) is 2.28. The number of benzene rings is 1. The third-order valence-corrected chi connectivity index (χ3v) is 5.91. The van der Waals surface area contributed by atoms with E-state index >= 15 is 0 Å². The van der Waals surface area contributed by atoms with Crippen LogP contribution in [0.1, 0.15) is 5.69 Å². The predicted molar refractivity (Wildman–Crippen MR) is 86.4 cm³/mol. The van der Waals surface area contributed by atoms with Crippen LogP contribution in [0.5, 0.6) is 0 Å². The summed E-state index contributed by atoms with van der Waals surface area (Å²) >= 11 is 3.26. The molecule has 0 saturated heterocycles. The van der Waals surface area contributed by atoms with Gasteiger partial charge in [0.15, 0.2) is 0 Å². The standard InChI is InChI=1S/C13H13BrN4O4S/c1-17-10-5-9(14)12(6-11(10)18(2)13(17)19)23(20,21)15-7-8-3-4-22-16-8/h3-6,15H,7H2,1-2H3. The number of sulfonamides is 1. The summed E-state index contributed by atoms with van der Waals surface area (Å²) in [7, 11) is -0.554. The topological polar surface area (TPSA) is 99.1 Å². The van der Waals surface area contributed by atoms with Crippen molar-refractivity contribution in [3.05, 3.63) is 45.1 Å². The smallest absolute Gasteiger partial charge is 0.328 e. The van der Waals surface area contributed by atoms with E-state index in [1.807, 2.05) is 0 Å². The molecule has 122 valence electrons. The highest BCUT2D eigenvalue weighted by atomic mass is 79.9. The van der Waals surface area contributed by atoms with Gasteiger partial charge in [-0.1, -0.05) is 5.16 Å². The highest BCUT2D eigenvalue weighted by Gasteiger charge is 2.21. The highest BCUT2D eigenvalue weighted by Crippen LogP contribution is 2.27. The van der Waals surface area contributed by atoms with Crippen LogP contribution in [0.3, 0.4) is 0 Å². The summed E-state index contributed by atoms with van der Waals surface area (Å²) in [5.74, 6) is 0. The summed E-state index contributed by atoms with van der Waals surface area (Å²) in [6.07, 6.45) is 1.37. The number of aromatic nitrogens is 3. The normalized spacial score (nSPS) is 12.1. The molecule has 0 spiro atoms. The predicted octanol–water partition coefficient (Wildman–Crippen LogP) is 1.11. The first-order valence-corrected chi connectivity index (χ1v) is 8.83. The minimum absolute atomic E-state index is 0.0109. The van der Waals surface area contributed by atoms with E-state index in [0.29, 0.717) is 21.2 Å². The van der Waals surface area contributed by atoms with Gasteiger partial charge in [-0.25, -0.2) is 17.9 Å². The minimum atomic E-state index is -3.78. The number of imidazole rings is 1. The number of hydrogen-bond acceptors (Lipinski definition) is 5. The molecule has 0 aliphatic heterocycles. The Morgan fingerprint density at radius 1 is 1.26 bits per heavy atom. The third kappa shape index (κ3) is 2.73. The summed E-state index contributed by atoms with van der Waals surface area (Å²) < 4.78 is 35.3. The quantitative estimate of drug-likeness (QED) is 0.706. The molecule has 0 bridgehead atoms. The summed E-state index contributed by atoms with van der Waals surface area (Å²) in [5.41, 5.74) is 1.41. The molecule has 2 heterocycles. The molecule has 3 rings (SSSR count). The van der Waals surface area contributed by atoms with Gasteiger partial charge in [-0.05, 0) is 28.1 Å². The van der Waals surface area contributed by atoms with E-state index in [4.69, 9.17) is 0 Å². The van der Waals surface area contributed by atoms with Crippen molar-refractivity contribution in [1.82, 2.24) is 19.0 Å². The third-order valence-electron chi connectivity index (χ3n) is 3.55. The average molecular weight is 401 g/mol. The summed E-state index contributed by atoms with van der Waals surface area (Å²) in [5, 5.41) is 3.65. The van der Waals surface area contributed by atoms with Gasteiger partial charge in [-0.3, -0.25) is 9.13 Å². The van der Waals surface area contributed by atoms with Crippen LogP contribution in [0, 0.1) is 0 Å². The first-order valence-electron chi connectivity index (χ1n) is 6.55. The molecular formula is C13H13BrN4O4S. The van der Waals surface area contributed by atoms with Crippen LogP contribution in [-0.4, -0.2) is 22.7 Å². The molecule has 0 amide bonds. The number of hydrogen-bond donors (Lipinski definition) is 1. The zero-order chi connectivity index (χ0) is 16.8. The summed E-state index contributed by atoms with van der Waals surface area (Å²) in [6.45, 7) is 0.0109. The Kier molecular flexibility index (Phi) is 3.90. The molecule has 0 atom stereocenters. The van der Waals surface area contributed by atoms with Gasteiger partial charge >= 0.3 is 5.69 Å². The molecule has 23 heavy (non-hydrogen) atoms. The SMILES string of the molecule is Cn1c(=O)n(C)c2cc(S(=O)(=O)NCc3ccon3)c(Br)cc21. The van der Waals surface area contributed by atoms with E-state index in [-0.39, 0.29) is 17.1 Å². The van der Waals surface area contributed by atoms with E-state index in [9.17, 15) is 13.2 Å². The van der Waals surface area contributed by atoms with E-state index < -0.39 is 10.0 Å². The molecule has 0 aliphatic carbocycles. The van der Waals surface area contributed by atoms with Crippen LogP contribution in [0.4, 0.5) is 0 Å². The Labute approximate surface area is 139 Å². The molecule has 0 aliphatic rings. The Balaban J connectivity index is 2.06. The van der Waals surface area contributed by atoms with E-state index in [0.717, 1.165) is 0 Å². The number of rotatable bonds is 4. The van der Waals surface area contributed by atoms with Crippen molar-refractivity contribution in [1.29, 1.82) is 0 Å². The fourth-order valence-corrected chi connectivity index (χ4v) is 4.33. The lowest BCUT2D eigenvalue weighted by molar-refractivity contribution is 0.411. The largest absolute Gasteiger partial charge is 0.364 e. The van der Waals surface area contributed by atoms with E-state index in [2.05, 4.69) is 30.3 Å². The number of fused-ring (bicyclic) bond motifs is 1. The van der Waals surface area contributed by atoms with Crippen molar-refractivity contribution in [2.24, 2.45) is 14.1 Å². The van der Waals surface area contributed by atoms with Crippen LogP contribution in [0.15, 0.2) is 43.1 Å².